The van der Waals surface area contributed by atoms with Crippen LogP contribution in [0.15, 0.2) is 54.7 Å². The van der Waals surface area contributed by atoms with Gasteiger partial charge in [-0.15, -0.1) is 0 Å². The number of carbonyl (C=O) groups excluding carboxylic acids is 1. The van der Waals surface area contributed by atoms with Gasteiger partial charge >= 0.3 is 0 Å². The van der Waals surface area contributed by atoms with Crippen molar-refractivity contribution in [3.05, 3.63) is 80.9 Å². The molecule has 1 N–H and O–H groups in total. The summed E-state index contributed by atoms with van der Waals surface area (Å²) in [6.45, 7) is 0.404. The largest absolute Gasteiger partial charge is 0.307 e. The van der Waals surface area contributed by atoms with Gasteiger partial charge in [0.15, 0.2) is 0 Å². The van der Waals surface area contributed by atoms with E-state index in [9.17, 15) is 4.79 Å². The van der Waals surface area contributed by atoms with Gasteiger partial charge in [0.1, 0.15) is 5.82 Å². The van der Waals surface area contributed by atoms with Crippen LogP contribution in [-0.4, -0.2) is 15.7 Å². The van der Waals surface area contributed by atoms with Crippen LogP contribution in [-0.2, 0) is 6.54 Å². The molecule has 0 aliphatic heterocycles. The molecule has 0 aliphatic carbocycles. The average molecular weight is 381 g/mol. The van der Waals surface area contributed by atoms with E-state index in [1.54, 1.807) is 53.3 Å². The van der Waals surface area contributed by atoms with Gasteiger partial charge in [-0.1, -0.05) is 53.0 Å². The van der Waals surface area contributed by atoms with Crippen LogP contribution in [0.1, 0.15) is 15.9 Å². The lowest BCUT2D eigenvalue weighted by Gasteiger charge is -2.11. The zero-order chi connectivity index (χ0) is 17.1. The molecule has 0 aliphatic rings. The molecule has 1 aromatic heterocycles. The molecule has 122 valence electrons. The van der Waals surface area contributed by atoms with E-state index >= 15 is 0 Å². The van der Waals surface area contributed by atoms with Crippen molar-refractivity contribution in [2.45, 2.75) is 6.54 Å². The van der Waals surface area contributed by atoms with Gasteiger partial charge in [-0.05, 0) is 29.8 Å². The third-order valence-corrected chi connectivity index (χ3v) is 4.33. The first-order chi connectivity index (χ1) is 11.5. The van der Waals surface area contributed by atoms with E-state index in [2.05, 4.69) is 10.4 Å². The second-order valence-corrected chi connectivity index (χ2v) is 6.29. The number of amides is 1. The highest BCUT2D eigenvalue weighted by Crippen LogP contribution is 2.23. The number of hydrogen-bond acceptors (Lipinski definition) is 2. The van der Waals surface area contributed by atoms with E-state index in [0.29, 0.717) is 33.0 Å². The van der Waals surface area contributed by atoms with Crippen LogP contribution in [0.5, 0.6) is 0 Å². The topological polar surface area (TPSA) is 46.9 Å². The Hall–Kier alpha value is -2.01. The zero-order valence-electron chi connectivity index (χ0n) is 12.3. The summed E-state index contributed by atoms with van der Waals surface area (Å²) in [5.74, 6) is 0.246. The molecular formula is C17H12Cl3N3O. The minimum atomic E-state index is -0.301. The predicted octanol–water partition coefficient (Wildman–Crippen LogP) is 5.14. The highest BCUT2D eigenvalue weighted by atomic mass is 35.5. The van der Waals surface area contributed by atoms with Crippen molar-refractivity contribution >= 4 is 46.5 Å². The van der Waals surface area contributed by atoms with E-state index in [4.69, 9.17) is 34.8 Å². The van der Waals surface area contributed by atoms with E-state index < -0.39 is 0 Å². The van der Waals surface area contributed by atoms with Crippen LogP contribution >= 0.6 is 34.8 Å². The highest BCUT2D eigenvalue weighted by Gasteiger charge is 2.13. The molecule has 24 heavy (non-hydrogen) atoms. The highest BCUT2D eigenvalue weighted by molar-refractivity contribution is 6.35. The maximum absolute atomic E-state index is 12.4. The second kappa shape index (κ2) is 7.26. The summed E-state index contributed by atoms with van der Waals surface area (Å²) in [7, 11) is 0. The molecule has 0 saturated heterocycles. The second-order valence-electron chi connectivity index (χ2n) is 5.04. The Labute approximate surface area is 154 Å². The predicted molar refractivity (Wildman–Crippen MR) is 97.2 cm³/mol. The van der Waals surface area contributed by atoms with Gasteiger partial charge in [-0.2, -0.15) is 5.10 Å². The summed E-state index contributed by atoms with van der Waals surface area (Å²) in [5.41, 5.74) is 1.24. The fraction of sp³-hybridized carbons (Fsp3) is 0.0588. The van der Waals surface area contributed by atoms with Gasteiger partial charge < -0.3 is 5.32 Å². The van der Waals surface area contributed by atoms with Gasteiger partial charge in [0.05, 0.1) is 23.3 Å². The summed E-state index contributed by atoms with van der Waals surface area (Å²) in [5, 5.41) is 8.53. The summed E-state index contributed by atoms with van der Waals surface area (Å²) in [4.78, 5) is 12.4. The number of aromatic nitrogens is 2. The fourth-order valence-corrected chi connectivity index (χ4v) is 2.89. The molecule has 0 bridgehead atoms. The third kappa shape index (κ3) is 3.73. The van der Waals surface area contributed by atoms with Crippen molar-refractivity contribution in [2.24, 2.45) is 0 Å². The van der Waals surface area contributed by atoms with Crippen LogP contribution < -0.4 is 5.32 Å². The molecule has 0 fully saturated rings. The quantitative estimate of drug-likeness (QED) is 0.681. The van der Waals surface area contributed by atoms with E-state index in [-0.39, 0.29) is 5.91 Å². The summed E-state index contributed by atoms with van der Waals surface area (Å²) < 4.78 is 1.64. The molecule has 3 aromatic rings. The summed E-state index contributed by atoms with van der Waals surface area (Å²) in [6, 6.07) is 13.8. The first-order valence-electron chi connectivity index (χ1n) is 7.06. The number of rotatable bonds is 4. The maximum Gasteiger partial charge on any atom is 0.258 e. The number of anilines is 1. The number of benzene rings is 2. The van der Waals surface area contributed by atoms with Crippen LogP contribution in [0.3, 0.4) is 0 Å². The van der Waals surface area contributed by atoms with Crippen LogP contribution in [0, 0.1) is 0 Å². The standard InChI is InChI=1S/C17H12Cl3N3O/c18-12-6-5-11(15(20)9-12)10-23-16(7-8-21-23)22-17(24)13-3-1-2-4-14(13)19/h1-9H,10H2,(H,22,24). The number of halogens is 3. The molecule has 0 radical (unpaired) electrons. The lowest BCUT2D eigenvalue weighted by atomic mass is 10.2. The molecule has 3 rings (SSSR count). The minimum Gasteiger partial charge on any atom is -0.307 e. The zero-order valence-corrected chi connectivity index (χ0v) is 14.6. The molecule has 1 amide bonds. The van der Waals surface area contributed by atoms with Gasteiger partial charge in [-0.25, -0.2) is 4.68 Å². The van der Waals surface area contributed by atoms with Gasteiger partial charge in [0.25, 0.3) is 5.91 Å². The normalized spacial score (nSPS) is 10.6. The molecule has 4 nitrogen and oxygen atoms in total. The maximum atomic E-state index is 12.4. The molecule has 0 unspecified atom stereocenters. The van der Waals surface area contributed by atoms with Crippen molar-refractivity contribution in [2.75, 3.05) is 5.32 Å². The molecule has 2 aromatic carbocycles. The monoisotopic (exact) mass is 379 g/mol. The average Bonchev–Trinajstić information content (AvgIpc) is 2.97. The molecule has 1 heterocycles. The van der Waals surface area contributed by atoms with E-state index in [1.807, 2.05) is 6.07 Å². The Balaban J connectivity index is 1.81. The van der Waals surface area contributed by atoms with Crippen molar-refractivity contribution in [3.63, 3.8) is 0 Å². The van der Waals surface area contributed by atoms with E-state index in [1.165, 1.54) is 0 Å². The lowest BCUT2D eigenvalue weighted by molar-refractivity contribution is 0.102. The Kier molecular flexibility index (Phi) is 5.09. The summed E-state index contributed by atoms with van der Waals surface area (Å²) in [6.07, 6.45) is 1.60. The van der Waals surface area contributed by atoms with Gasteiger partial charge in [0.2, 0.25) is 0 Å². The van der Waals surface area contributed by atoms with Crippen molar-refractivity contribution in [1.29, 1.82) is 0 Å². The smallest absolute Gasteiger partial charge is 0.258 e. The van der Waals surface area contributed by atoms with Gasteiger partial charge in [0, 0.05) is 16.1 Å². The van der Waals surface area contributed by atoms with Gasteiger partial charge in [-0.3, -0.25) is 4.79 Å². The summed E-state index contributed by atoms with van der Waals surface area (Å²) >= 11 is 18.1. The van der Waals surface area contributed by atoms with Crippen LogP contribution in [0.4, 0.5) is 5.82 Å². The van der Waals surface area contributed by atoms with Crippen molar-refractivity contribution in [1.82, 2.24) is 9.78 Å². The molecule has 0 spiro atoms. The third-order valence-electron chi connectivity index (χ3n) is 3.41. The Morgan fingerprint density at radius 3 is 2.58 bits per heavy atom. The van der Waals surface area contributed by atoms with Crippen molar-refractivity contribution in [3.8, 4) is 0 Å². The minimum absolute atomic E-state index is 0.301. The first-order valence-corrected chi connectivity index (χ1v) is 8.19. The lowest BCUT2D eigenvalue weighted by Crippen LogP contribution is -2.16. The molecule has 0 saturated carbocycles. The van der Waals surface area contributed by atoms with Crippen LogP contribution in [0.25, 0.3) is 0 Å². The van der Waals surface area contributed by atoms with Crippen molar-refractivity contribution < 1.29 is 4.79 Å². The number of nitrogens with one attached hydrogen (secondary N) is 1. The van der Waals surface area contributed by atoms with E-state index in [0.717, 1.165) is 5.56 Å². The SMILES string of the molecule is O=C(Nc1ccnn1Cc1ccc(Cl)cc1Cl)c1ccccc1Cl. The number of carbonyl (C=O) groups is 1. The Morgan fingerprint density at radius 1 is 1.04 bits per heavy atom. The molecule has 7 heteroatoms. The molecule has 0 atom stereocenters. The number of hydrogen-bond donors (Lipinski definition) is 1. The number of nitrogens with zero attached hydrogens (tertiary/aromatic N) is 2. The van der Waals surface area contributed by atoms with Crippen LogP contribution in [0.2, 0.25) is 15.1 Å². The Bertz CT molecular complexity index is 892. The fourth-order valence-electron chi connectivity index (χ4n) is 2.21. The Morgan fingerprint density at radius 2 is 1.83 bits per heavy atom. The first kappa shape index (κ1) is 16.8. The molecular weight excluding hydrogens is 369 g/mol.